The highest BCUT2D eigenvalue weighted by atomic mass is 32.1. The SMILES string of the molecule is C=CCn1c(C)cc(C(=O)COC(=O)[C@H](Cc2c[nH]c3ccccc23)NC(=O)c2cccs2)c1C. The molecule has 4 rings (SSSR count). The van der Waals surface area contributed by atoms with Crippen LogP contribution in [0.3, 0.4) is 0 Å². The van der Waals surface area contributed by atoms with E-state index in [9.17, 15) is 14.4 Å². The summed E-state index contributed by atoms with van der Waals surface area (Å²) in [6.45, 7) is 7.70. The van der Waals surface area contributed by atoms with Crippen molar-refractivity contribution in [3.63, 3.8) is 0 Å². The molecule has 0 radical (unpaired) electrons. The zero-order chi connectivity index (χ0) is 24.9. The van der Waals surface area contributed by atoms with Crippen molar-refractivity contribution in [1.29, 1.82) is 0 Å². The summed E-state index contributed by atoms with van der Waals surface area (Å²) in [5, 5.41) is 5.54. The molecular formula is C27H27N3O4S. The molecule has 0 fully saturated rings. The van der Waals surface area contributed by atoms with Crippen LogP contribution in [0.4, 0.5) is 0 Å². The number of ether oxygens (including phenoxy) is 1. The number of fused-ring (bicyclic) bond motifs is 1. The number of hydrogen-bond donors (Lipinski definition) is 2. The number of hydrogen-bond acceptors (Lipinski definition) is 5. The molecule has 3 aromatic heterocycles. The zero-order valence-electron chi connectivity index (χ0n) is 19.7. The predicted molar refractivity (Wildman–Crippen MR) is 137 cm³/mol. The van der Waals surface area contributed by atoms with E-state index in [1.54, 1.807) is 29.7 Å². The van der Waals surface area contributed by atoms with Crippen molar-refractivity contribution in [3.05, 3.63) is 94.1 Å². The Morgan fingerprint density at radius 3 is 2.74 bits per heavy atom. The van der Waals surface area contributed by atoms with Gasteiger partial charge in [0.05, 0.1) is 4.88 Å². The molecule has 0 unspecified atom stereocenters. The van der Waals surface area contributed by atoms with E-state index in [1.165, 1.54) is 11.3 Å². The Kier molecular flexibility index (Phi) is 7.31. The van der Waals surface area contributed by atoms with Crippen LogP contribution >= 0.6 is 11.3 Å². The number of ketones is 1. The second-order valence-corrected chi connectivity index (χ2v) is 9.23. The molecule has 35 heavy (non-hydrogen) atoms. The molecule has 180 valence electrons. The summed E-state index contributed by atoms with van der Waals surface area (Å²) in [4.78, 5) is 42.3. The summed E-state index contributed by atoms with van der Waals surface area (Å²) in [7, 11) is 0. The third kappa shape index (κ3) is 5.27. The van der Waals surface area contributed by atoms with Crippen LogP contribution in [0.15, 0.2) is 66.7 Å². The molecule has 0 aliphatic carbocycles. The Hall–Kier alpha value is -3.91. The number of rotatable bonds is 10. The Labute approximate surface area is 207 Å². The average Bonchev–Trinajstić information content (AvgIpc) is 3.59. The molecule has 0 aliphatic heterocycles. The van der Waals surface area contributed by atoms with E-state index in [-0.39, 0.29) is 18.1 Å². The van der Waals surface area contributed by atoms with Gasteiger partial charge >= 0.3 is 5.97 Å². The van der Waals surface area contributed by atoms with Crippen molar-refractivity contribution in [1.82, 2.24) is 14.9 Å². The van der Waals surface area contributed by atoms with Gasteiger partial charge in [-0.3, -0.25) is 9.59 Å². The number of aromatic nitrogens is 2. The van der Waals surface area contributed by atoms with Gasteiger partial charge in [-0.15, -0.1) is 17.9 Å². The van der Waals surface area contributed by atoms with E-state index >= 15 is 0 Å². The first-order valence-electron chi connectivity index (χ1n) is 11.3. The van der Waals surface area contributed by atoms with Crippen LogP contribution in [0.2, 0.25) is 0 Å². The van der Waals surface area contributed by atoms with Crippen LogP contribution in [0.1, 0.15) is 37.0 Å². The normalized spacial score (nSPS) is 11.8. The van der Waals surface area contributed by atoms with Crippen LogP contribution in [0.25, 0.3) is 10.9 Å². The summed E-state index contributed by atoms with van der Waals surface area (Å²) in [5.74, 6) is -1.31. The lowest BCUT2D eigenvalue weighted by molar-refractivity contribution is -0.144. The number of benzene rings is 1. The average molecular weight is 490 g/mol. The summed E-state index contributed by atoms with van der Waals surface area (Å²) in [5.41, 5.74) is 4.04. The number of H-pyrrole nitrogens is 1. The molecule has 8 heteroatoms. The van der Waals surface area contributed by atoms with Gasteiger partial charge in [-0.05, 0) is 43.0 Å². The molecule has 0 aliphatic rings. The molecular weight excluding hydrogens is 462 g/mol. The Bertz CT molecular complexity index is 1380. The fourth-order valence-corrected chi connectivity index (χ4v) is 4.79. The minimum Gasteiger partial charge on any atom is -0.456 e. The number of Topliss-reactive ketones (excluding diaryl/α,β-unsaturated/α-hetero) is 1. The topological polar surface area (TPSA) is 93.2 Å². The van der Waals surface area contributed by atoms with Crippen molar-refractivity contribution in [2.75, 3.05) is 6.61 Å². The van der Waals surface area contributed by atoms with Gasteiger partial charge in [-0.25, -0.2) is 4.79 Å². The summed E-state index contributed by atoms with van der Waals surface area (Å²) in [6, 6.07) is 12.0. The monoisotopic (exact) mass is 489 g/mol. The van der Waals surface area contributed by atoms with Crippen molar-refractivity contribution in [2.24, 2.45) is 0 Å². The molecule has 1 amide bonds. The molecule has 1 atom stereocenters. The third-order valence-electron chi connectivity index (χ3n) is 5.97. The van der Waals surface area contributed by atoms with Crippen molar-refractivity contribution in [3.8, 4) is 0 Å². The highest BCUT2D eigenvalue weighted by Crippen LogP contribution is 2.20. The lowest BCUT2D eigenvalue weighted by Crippen LogP contribution is -2.43. The number of carbonyl (C=O) groups is 3. The number of thiophene rings is 1. The maximum absolute atomic E-state index is 13.1. The maximum atomic E-state index is 13.1. The summed E-state index contributed by atoms with van der Waals surface area (Å²) >= 11 is 1.29. The Balaban J connectivity index is 1.50. The number of para-hydroxylation sites is 1. The fraction of sp³-hybridized carbons (Fsp3) is 0.222. The molecule has 0 saturated carbocycles. The minimum absolute atomic E-state index is 0.224. The number of nitrogens with one attached hydrogen (secondary N) is 2. The zero-order valence-corrected chi connectivity index (χ0v) is 20.5. The number of aromatic amines is 1. The molecule has 0 bridgehead atoms. The van der Waals surface area contributed by atoms with Crippen LogP contribution in [0, 0.1) is 13.8 Å². The first kappa shape index (κ1) is 24.2. The van der Waals surface area contributed by atoms with Crippen LogP contribution in [-0.4, -0.2) is 39.9 Å². The number of esters is 1. The maximum Gasteiger partial charge on any atom is 0.329 e. The van der Waals surface area contributed by atoms with E-state index in [0.717, 1.165) is 27.9 Å². The number of allylic oxidation sites excluding steroid dienone is 1. The minimum atomic E-state index is -0.954. The van der Waals surface area contributed by atoms with Gasteiger partial charge in [0, 0.05) is 47.0 Å². The second-order valence-electron chi connectivity index (χ2n) is 8.28. The lowest BCUT2D eigenvalue weighted by Gasteiger charge is -2.17. The highest BCUT2D eigenvalue weighted by Gasteiger charge is 2.26. The molecule has 4 aromatic rings. The molecule has 0 saturated heterocycles. The first-order valence-corrected chi connectivity index (χ1v) is 12.1. The van der Waals surface area contributed by atoms with E-state index in [0.29, 0.717) is 17.0 Å². The van der Waals surface area contributed by atoms with E-state index in [2.05, 4.69) is 16.9 Å². The van der Waals surface area contributed by atoms with Gasteiger partial charge in [0.1, 0.15) is 6.04 Å². The largest absolute Gasteiger partial charge is 0.456 e. The van der Waals surface area contributed by atoms with Crippen molar-refractivity contribution in [2.45, 2.75) is 32.9 Å². The molecule has 7 nitrogen and oxygen atoms in total. The Morgan fingerprint density at radius 1 is 1.20 bits per heavy atom. The van der Waals surface area contributed by atoms with Gasteiger partial charge in [0.2, 0.25) is 5.78 Å². The number of carbonyl (C=O) groups excluding carboxylic acids is 3. The quantitative estimate of drug-likeness (QED) is 0.193. The van der Waals surface area contributed by atoms with Gasteiger partial charge in [-0.2, -0.15) is 0 Å². The van der Waals surface area contributed by atoms with Crippen LogP contribution < -0.4 is 5.32 Å². The van der Waals surface area contributed by atoms with E-state index < -0.39 is 18.6 Å². The molecule has 3 heterocycles. The number of aryl methyl sites for hydroxylation is 1. The van der Waals surface area contributed by atoms with Crippen LogP contribution in [-0.2, 0) is 22.5 Å². The van der Waals surface area contributed by atoms with Crippen molar-refractivity contribution < 1.29 is 19.1 Å². The molecule has 2 N–H and O–H groups in total. The number of amides is 1. The predicted octanol–water partition coefficient (Wildman–Crippen LogP) is 4.60. The first-order chi connectivity index (χ1) is 16.9. The summed E-state index contributed by atoms with van der Waals surface area (Å²) in [6.07, 6.45) is 3.81. The smallest absolute Gasteiger partial charge is 0.329 e. The van der Waals surface area contributed by atoms with Crippen LogP contribution in [0.5, 0.6) is 0 Å². The summed E-state index contributed by atoms with van der Waals surface area (Å²) < 4.78 is 7.40. The number of nitrogens with zero attached hydrogens (tertiary/aromatic N) is 1. The van der Waals surface area contributed by atoms with Gasteiger partial charge in [0.15, 0.2) is 6.61 Å². The highest BCUT2D eigenvalue weighted by molar-refractivity contribution is 7.12. The van der Waals surface area contributed by atoms with E-state index in [1.807, 2.05) is 48.9 Å². The lowest BCUT2D eigenvalue weighted by atomic mass is 10.0. The van der Waals surface area contributed by atoms with Gasteiger partial charge in [0.25, 0.3) is 5.91 Å². The second kappa shape index (κ2) is 10.6. The van der Waals surface area contributed by atoms with Crippen molar-refractivity contribution >= 4 is 39.9 Å². The molecule has 1 aromatic carbocycles. The van der Waals surface area contributed by atoms with Gasteiger partial charge < -0.3 is 19.6 Å². The van der Waals surface area contributed by atoms with Gasteiger partial charge in [-0.1, -0.05) is 30.3 Å². The standard InChI is InChI=1S/C27H27N3O4S/c1-4-11-30-17(2)13-21(18(30)3)24(31)16-34-27(33)23(29-26(32)25-10-7-12-35-25)14-19-15-28-22-9-6-5-8-20(19)22/h4-10,12-13,15,23,28H,1,11,14,16H2,2-3H3,(H,29,32)/t23-/m0/s1. The third-order valence-corrected chi connectivity index (χ3v) is 6.83. The van der Waals surface area contributed by atoms with E-state index in [4.69, 9.17) is 4.74 Å². The Morgan fingerprint density at radius 2 is 2.00 bits per heavy atom. The molecule has 0 spiro atoms. The fourth-order valence-electron chi connectivity index (χ4n) is 4.16.